The van der Waals surface area contributed by atoms with E-state index in [2.05, 4.69) is 4.99 Å². The van der Waals surface area contributed by atoms with Crippen molar-refractivity contribution in [2.45, 2.75) is 6.92 Å². The molecule has 0 bridgehead atoms. The van der Waals surface area contributed by atoms with Crippen LogP contribution < -0.4 is 0 Å². The van der Waals surface area contributed by atoms with Crippen molar-refractivity contribution < 1.29 is 9.53 Å². The SMILES string of the molecule is CO/C(C)=C(\C#N)C1=NC(=O)CS1. The van der Waals surface area contributed by atoms with Crippen LogP contribution in [-0.4, -0.2) is 23.8 Å². The van der Waals surface area contributed by atoms with Gasteiger partial charge in [-0.15, -0.1) is 0 Å². The first-order valence-electron chi connectivity index (χ1n) is 3.58. The minimum Gasteiger partial charge on any atom is -0.500 e. The van der Waals surface area contributed by atoms with Gasteiger partial charge in [0.25, 0.3) is 5.91 Å². The highest BCUT2D eigenvalue weighted by molar-refractivity contribution is 8.15. The minimum absolute atomic E-state index is 0.198. The van der Waals surface area contributed by atoms with Crippen LogP contribution in [0.3, 0.4) is 0 Å². The Kier molecular flexibility index (Phi) is 3.09. The normalized spacial score (nSPS) is 17.6. The molecule has 0 N–H and O–H groups in total. The van der Waals surface area contributed by atoms with Gasteiger partial charge in [-0.1, -0.05) is 11.8 Å². The topological polar surface area (TPSA) is 62.4 Å². The second-order valence-corrected chi connectivity index (χ2v) is 3.31. The maximum atomic E-state index is 10.8. The summed E-state index contributed by atoms with van der Waals surface area (Å²) in [6, 6.07) is 1.97. The molecule has 0 aromatic carbocycles. The summed E-state index contributed by atoms with van der Waals surface area (Å²) in [4.78, 5) is 14.5. The third kappa shape index (κ3) is 2.10. The Hall–Kier alpha value is -1.28. The molecule has 0 atom stereocenters. The predicted octanol–water partition coefficient (Wildman–Crippen LogP) is 1.10. The molecule has 4 nitrogen and oxygen atoms in total. The lowest BCUT2D eigenvalue weighted by Gasteiger charge is -2.01. The third-order valence-electron chi connectivity index (χ3n) is 1.54. The van der Waals surface area contributed by atoms with Crippen LogP contribution >= 0.6 is 11.8 Å². The number of methoxy groups -OCH3 is 1. The van der Waals surface area contributed by atoms with Crippen molar-refractivity contribution in [2.24, 2.45) is 4.99 Å². The van der Waals surface area contributed by atoms with Gasteiger partial charge in [-0.3, -0.25) is 4.79 Å². The standard InChI is InChI=1S/C8H8N2O2S/c1-5(12-2)6(3-9)8-10-7(11)4-13-8/h4H2,1-2H3/b6-5+. The summed E-state index contributed by atoms with van der Waals surface area (Å²) < 4.78 is 4.90. The lowest BCUT2D eigenvalue weighted by molar-refractivity contribution is -0.115. The molecular formula is C8H8N2O2S. The summed E-state index contributed by atoms with van der Waals surface area (Å²) in [5.74, 6) is 0.609. The van der Waals surface area contributed by atoms with Crippen molar-refractivity contribution in [3.63, 3.8) is 0 Å². The van der Waals surface area contributed by atoms with Gasteiger partial charge in [0.15, 0.2) is 0 Å². The smallest absolute Gasteiger partial charge is 0.257 e. The van der Waals surface area contributed by atoms with E-state index in [9.17, 15) is 4.79 Å². The van der Waals surface area contributed by atoms with Crippen molar-refractivity contribution in [3.8, 4) is 6.07 Å². The second-order valence-electron chi connectivity index (χ2n) is 2.35. The van der Waals surface area contributed by atoms with Crippen LogP contribution in [0.1, 0.15) is 6.92 Å². The van der Waals surface area contributed by atoms with Gasteiger partial charge in [-0.2, -0.15) is 5.26 Å². The predicted molar refractivity (Wildman–Crippen MR) is 50.2 cm³/mol. The lowest BCUT2D eigenvalue weighted by atomic mass is 10.3. The Morgan fingerprint density at radius 1 is 1.77 bits per heavy atom. The van der Waals surface area contributed by atoms with Crippen LogP contribution in [0.5, 0.6) is 0 Å². The minimum atomic E-state index is -0.198. The van der Waals surface area contributed by atoms with Crippen molar-refractivity contribution in [1.29, 1.82) is 5.26 Å². The first-order chi connectivity index (χ1) is 6.19. The number of rotatable bonds is 2. The summed E-state index contributed by atoms with van der Waals surface area (Å²) in [7, 11) is 1.48. The number of thioether (sulfide) groups is 1. The highest BCUT2D eigenvalue weighted by Gasteiger charge is 2.20. The fraction of sp³-hybridized carbons (Fsp3) is 0.375. The summed E-state index contributed by atoms with van der Waals surface area (Å²) >= 11 is 1.27. The molecule has 0 fully saturated rings. The average Bonchev–Trinajstić information content (AvgIpc) is 2.53. The van der Waals surface area contributed by atoms with Gasteiger partial charge in [0.1, 0.15) is 22.4 Å². The van der Waals surface area contributed by atoms with E-state index in [0.29, 0.717) is 22.1 Å². The molecule has 0 aromatic rings. The number of hydrogen-bond donors (Lipinski definition) is 0. The van der Waals surface area contributed by atoms with E-state index in [0.717, 1.165) is 0 Å². The van der Waals surface area contributed by atoms with Gasteiger partial charge in [0.2, 0.25) is 0 Å². The molecule has 1 aliphatic rings. The molecule has 0 aliphatic carbocycles. The van der Waals surface area contributed by atoms with Crippen LogP contribution in [0, 0.1) is 11.3 Å². The zero-order chi connectivity index (χ0) is 9.84. The molecule has 0 saturated heterocycles. The van der Waals surface area contributed by atoms with E-state index in [1.807, 2.05) is 6.07 Å². The molecule has 68 valence electrons. The molecule has 0 aromatic heterocycles. The van der Waals surface area contributed by atoms with Crippen LogP contribution in [0.25, 0.3) is 0 Å². The Balaban J connectivity index is 3.00. The van der Waals surface area contributed by atoms with E-state index in [1.165, 1.54) is 18.9 Å². The number of aliphatic imine (C=N–C) groups is 1. The van der Waals surface area contributed by atoms with E-state index < -0.39 is 0 Å². The Morgan fingerprint density at radius 2 is 2.46 bits per heavy atom. The van der Waals surface area contributed by atoms with Gasteiger partial charge in [-0.25, -0.2) is 4.99 Å². The molecule has 0 saturated carbocycles. The van der Waals surface area contributed by atoms with E-state index in [-0.39, 0.29) is 5.91 Å². The van der Waals surface area contributed by atoms with Crippen LogP contribution in [0.2, 0.25) is 0 Å². The summed E-state index contributed by atoms with van der Waals surface area (Å²) in [6.45, 7) is 1.67. The fourth-order valence-electron chi connectivity index (χ4n) is 0.815. The molecule has 0 radical (unpaired) electrons. The second kappa shape index (κ2) is 4.10. The van der Waals surface area contributed by atoms with Crippen LogP contribution in [0.15, 0.2) is 16.3 Å². The summed E-state index contributed by atoms with van der Waals surface area (Å²) in [6.07, 6.45) is 0. The van der Waals surface area contributed by atoms with E-state index >= 15 is 0 Å². The number of amides is 1. The maximum absolute atomic E-state index is 10.8. The molecule has 1 aliphatic heterocycles. The quantitative estimate of drug-likeness (QED) is 0.490. The zero-order valence-electron chi connectivity index (χ0n) is 7.33. The van der Waals surface area contributed by atoms with Crippen molar-refractivity contribution >= 4 is 22.7 Å². The van der Waals surface area contributed by atoms with Crippen molar-refractivity contribution in [1.82, 2.24) is 0 Å². The van der Waals surface area contributed by atoms with Gasteiger partial charge >= 0.3 is 0 Å². The number of allylic oxidation sites excluding steroid dienone is 1. The lowest BCUT2D eigenvalue weighted by Crippen LogP contribution is -1.97. The fourth-order valence-corrected chi connectivity index (χ4v) is 1.64. The number of nitriles is 1. The molecular weight excluding hydrogens is 188 g/mol. The molecule has 1 rings (SSSR count). The Morgan fingerprint density at radius 3 is 2.85 bits per heavy atom. The third-order valence-corrected chi connectivity index (χ3v) is 2.50. The van der Waals surface area contributed by atoms with Crippen LogP contribution in [0.4, 0.5) is 0 Å². The summed E-state index contributed by atoms with van der Waals surface area (Å²) in [5, 5.41) is 9.25. The number of hydrogen-bond acceptors (Lipinski definition) is 4. The monoisotopic (exact) mass is 196 g/mol. The molecule has 1 amide bonds. The van der Waals surface area contributed by atoms with Gasteiger partial charge < -0.3 is 4.74 Å². The largest absolute Gasteiger partial charge is 0.500 e. The van der Waals surface area contributed by atoms with Gasteiger partial charge in [0.05, 0.1) is 12.9 Å². The average molecular weight is 196 g/mol. The van der Waals surface area contributed by atoms with E-state index in [4.69, 9.17) is 10.00 Å². The maximum Gasteiger partial charge on any atom is 0.257 e. The molecule has 0 unspecified atom stereocenters. The van der Waals surface area contributed by atoms with Gasteiger partial charge in [-0.05, 0) is 6.92 Å². The number of ether oxygens (including phenoxy) is 1. The molecule has 1 heterocycles. The van der Waals surface area contributed by atoms with Crippen molar-refractivity contribution in [3.05, 3.63) is 11.3 Å². The molecule has 0 spiro atoms. The van der Waals surface area contributed by atoms with Crippen molar-refractivity contribution in [2.75, 3.05) is 12.9 Å². The van der Waals surface area contributed by atoms with Crippen LogP contribution in [-0.2, 0) is 9.53 Å². The molecule has 5 heteroatoms. The number of carbonyl (C=O) groups is 1. The number of carbonyl (C=O) groups excluding carboxylic acids is 1. The Bertz CT molecular complexity index is 339. The number of nitrogens with zero attached hydrogens (tertiary/aromatic N) is 2. The molecule has 13 heavy (non-hydrogen) atoms. The highest BCUT2D eigenvalue weighted by atomic mass is 32.2. The Labute approximate surface area is 80.3 Å². The zero-order valence-corrected chi connectivity index (χ0v) is 8.14. The highest BCUT2D eigenvalue weighted by Crippen LogP contribution is 2.21. The van der Waals surface area contributed by atoms with Gasteiger partial charge in [0, 0.05) is 0 Å². The van der Waals surface area contributed by atoms with E-state index in [1.54, 1.807) is 6.92 Å². The summed E-state index contributed by atoms with van der Waals surface area (Å²) in [5.41, 5.74) is 0.346. The first-order valence-corrected chi connectivity index (χ1v) is 4.57. The first kappa shape index (κ1) is 9.81.